The van der Waals surface area contributed by atoms with Gasteiger partial charge in [-0.2, -0.15) is 0 Å². The van der Waals surface area contributed by atoms with Gasteiger partial charge in [-0.15, -0.1) is 0 Å². The number of rotatable bonds is 8. The first-order chi connectivity index (χ1) is 18.7. The predicted octanol–water partition coefficient (Wildman–Crippen LogP) is 5.90. The van der Waals surface area contributed by atoms with Crippen molar-refractivity contribution < 1.29 is 23.9 Å². The molecule has 0 aliphatic carbocycles. The third-order valence-corrected chi connectivity index (χ3v) is 5.39. The molecule has 0 radical (unpaired) electrons. The topological polar surface area (TPSA) is 126 Å². The van der Waals surface area contributed by atoms with Gasteiger partial charge in [-0.3, -0.25) is 19.2 Å². The van der Waals surface area contributed by atoms with Gasteiger partial charge in [-0.1, -0.05) is 0 Å². The third-order valence-electron chi connectivity index (χ3n) is 5.39. The van der Waals surface area contributed by atoms with Crippen LogP contribution in [-0.2, 0) is 9.59 Å². The van der Waals surface area contributed by atoms with Crippen LogP contribution in [0.5, 0.6) is 11.5 Å². The molecule has 0 spiro atoms. The zero-order chi connectivity index (χ0) is 27.8. The summed E-state index contributed by atoms with van der Waals surface area (Å²) in [6.45, 7) is 2.84. The van der Waals surface area contributed by atoms with Crippen LogP contribution >= 0.6 is 0 Å². The Morgan fingerprint density at radius 2 is 0.718 bits per heavy atom. The molecule has 196 valence electrons. The largest absolute Gasteiger partial charge is 0.457 e. The molecule has 9 nitrogen and oxygen atoms in total. The fourth-order valence-electron chi connectivity index (χ4n) is 3.57. The molecule has 4 N–H and O–H groups in total. The third kappa shape index (κ3) is 7.77. The molecule has 0 saturated heterocycles. The lowest BCUT2D eigenvalue weighted by atomic mass is 10.2. The number of hydrogen-bond acceptors (Lipinski definition) is 5. The van der Waals surface area contributed by atoms with E-state index in [9.17, 15) is 19.2 Å². The Morgan fingerprint density at radius 3 is 1.03 bits per heavy atom. The fraction of sp³-hybridized carbons (Fsp3) is 0.0667. The lowest BCUT2D eigenvalue weighted by molar-refractivity contribution is -0.115. The van der Waals surface area contributed by atoms with E-state index < -0.39 is 0 Å². The van der Waals surface area contributed by atoms with Crippen molar-refractivity contribution in [3.8, 4) is 11.5 Å². The number of benzene rings is 4. The van der Waals surface area contributed by atoms with E-state index in [2.05, 4.69) is 21.3 Å². The SMILES string of the molecule is CC(=O)Nc1ccc(C(=O)Nc2ccc(Oc3ccc(NC(=O)c4ccc(NC(C)=O)cc4)cc3)cc2)cc1. The number of anilines is 4. The smallest absolute Gasteiger partial charge is 0.255 e. The van der Waals surface area contributed by atoms with Gasteiger partial charge >= 0.3 is 0 Å². The average Bonchev–Trinajstić information content (AvgIpc) is 2.91. The number of hydrogen-bond donors (Lipinski definition) is 4. The van der Waals surface area contributed by atoms with Crippen LogP contribution in [0.1, 0.15) is 34.6 Å². The standard InChI is InChI=1S/C30H26N4O5/c1-19(35)31-23-7-3-21(4-8-23)29(37)33-25-11-15-27(16-12-25)39-28-17-13-26(14-18-28)34-30(38)22-5-9-24(10-6-22)32-20(2)36/h3-18H,1-2H3,(H,31,35)(H,32,36)(H,33,37)(H,34,38). The molecule has 0 aromatic heterocycles. The van der Waals surface area contributed by atoms with Crippen LogP contribution in [0.25, 0.3) is 0 Å². The summed E-state index contributed by atoms with van der Waals surface area (Å²) in [4.78, 5) is 47.3. The normalized spacial score (nSPS) is 10.2. The number of ether oxygens (including phenoxy) is 1. The quantitative estimate of drug-likeness (QED) is 0.229. The highest BCUT2D eigenvalue weighted by Crippen LogP contribution is 2.25. The number of nitrogens with one attached hydrogen (secondary N) is 4. The summed E-state index contributed by atoms with van der Waals surface area (Å²) in [6, 6.07) is 27.0. The summed E-state index contributed by atoms with van der Waals surface area (Å²) < 4.78 is 5.86. The van der Waals surface area contributed by atoms with E-state index in [1.807, 2.05) is 0 Å². The van der Waals surface area contributed by atoms with Crippen molar-refractivity contribution in [2.24, 2.45) is 0 Å². The highest BCUT2D eigenvalue weighted by atomic mass is 16.5. The molecule has 4 rings (SSSR count). The van der Waals surface area contributed by atoms with Gasteiger partial charge in [-0.25, -0.2) is 0 Å². The Labute approximate surface area is 225 Å². The van der Waals surface area contributed by atoms with E-state index in [1.165, 1.54) is 13.8 Å². The van der Waals surface area contributed by atoms with Crippen molar-refractivity contribution in [1.29, 1.82) is 0 Å². The van der Waals surface area contributed by atoms with Gasteiger partial charge in [-0.05, 0) is 97.1 Å². The molecule has 4 aromatic carbocycles. The lowest BCUT2D eigenvalue weighted by Crippen LogP contribution is -2.12. The first-order valence-electron chi connectivity index (χ1n) is 12.0. The molecule has 9 heteroatoms. The van der Waals surface area contributed by atoms with E-state index in [-0.39, 0.29) is 23.6 Å². The van der Waals surface area contributed by atoms with E-state index in [0.29, 0.717) is 45.4 Å². The van der Waals surface area contributed by atoms with Crippen LogP contribution in [0.15, 0.2) is 97.1 Å². The Morgan fingerprint density at radius 1 is 0.436 bits per heavy atom. The van der Waals surface area contributed by atoms with E-state index in [0.717, 1.165) is 0 Å². The van der Waals surface area contributed by atoms with Gasteiger partial charge in [0.05, 0.1) is 0 Å². The molecule has 0 unspecified atom stereocenters. The van der Waals surface area contributed by atoms with Gasteiger partial charge in [0.15, 0.2) is 0 Å². The number of carbonyl (C=O) groups excluding carboxylic acids is 4. The molecular weight excluding hydrogens is 496 g/mol. The first-order valence-corrected chi connectivity index (χ1v) is 12.0. The number of carbonyl (C=O) groups is 4. The van der Waals surface area contributed by atoms with Crippen LogP contribution in [0.3, 0.4) is 0 Å². The fourth-order valence-corrected chi connectivity index (χ4v) is 3.57. The minimum atomic E-state index is -0.278. The van der Waals surface area contributed by atoms with Gasteiger partial charge in [0, 0.05) is 47.7 Å². The minimum Gasteiger partial charge on any atom is -0.457 e. The minimum absolute atomic E-state index is 0.180. The second-order valence-corrected chi connectivity index (χ2v) is 8.58. The van der Waals surface area contributed by atoms with Crippen molar-refractivity contribution >= 4 is 46.4 Å². The molecule has 0 fully saturated rings. The van der Waals surface area contributed by atoms with Crippen LogP contribution in [0.2, 0.25) is 0 Å². The summed E-state index contributed by atoms with van der Waals surface area (Å²) in [6.07, 6.45) is 0. The Bertz CT molecular complexity index is 1370. The molecule has 0 saturated carbocycles. The zero-order valence-electron chi connectivity index (χ0n) is 21.3. The van der Waals surface area contributed by atoms with Crippen molar-refractivity contribution in [2.45, 2.75) is 13.8 Å². The van der Waals surface area contributed by atoms with Crippen LogP contribution < -0.4 is 26.0 Å². The van der Waals surface area contributed by atoms with Gasteiger partial charge in [0.1, 0.15) is 11.5 Å². The molecular formula is C30H26N4O5. The average molecular weight is 523 g/mol. The summed E-state index contributed by atoms with van der Waals surface area (Å²) in [7, 11) is 0. The molecule has 0 aliphatic heterocycles. The Kier molecular flexibility index (Phi) is 8.33. The van der Waals surface area contributed by atoms with Crippen LogP contribution in [0.4, 0.5) is 22.7 Å². The van der Waals surface area contributed by atoms with E-state index in [4.69, 9.17) is 4.74 Å². The zero-order valence-corrected chi connectivity index (χ0v) is 21.3. The first kappa shape index (κ1) is 26.6. The maximum absolute atomic E-state index is 12.5. The second kappa shape index (κ2) is 12.2. The maximum Gasteiger partial charge on any atom is 0.255 e. The molecule has 0 aliphatic rings. The van der Waals surface area contributed by atoms with Crippen molar-refractivity contribution in [2.75, 3.05) is 21.3 Å². The predicted molar refractivity (Wildman–Crippen MR) is 150 cm³/mol. The van der Waals surface area contributed by atoms with E-state index in [1.54, 1.807) is 97.1 Å². The van der Waals surface area contributed by atoms with Gasteiger partial charge in [0.2, 0.25) is 11.8 Å². The van der Waals surface area contributed by atoms with Crippen molar-refractivity contribution in [3.63, 3.8) is 0 Å². The highest BCUT2D eigenvalue weighted by molar-refractivity contribution is 6.05. The van der Waals surface area contributed by atoms with Crippen LogP contribution in [-0.4, -0.2) is 23.6 Å². The molecule has 4 aromatic rings. The van der Waals surface area contributed by atoms with Gasteiger partial charge in [0.25, 0.3) is 11.8 Å². The van der Waals surface area contributed by atoms with Gasteiger partial charge < -0.3 is 26.0 Å². The van der Waals surface area contributed by atoms with Crippen LogP contribution in [0, 0.1) is 0 Å². The van der Waals surface area contributed by atoms with Crippen molar-refractivity contribution in [3.05, 3.63) is 108 Å². The summed E-state index contributed by atoms with van der Waals surface area (Å²) in [5.41, 5.74) is 3.34. The molecule has 0 bridgehead atoms. The summed E-state index contributed by atoms with van der Waals surface area (Å²) in [5.74, 6) is 0.229. The van der Waals surface area contributed by atoms with E-state index >= 15 is 0 Å². The Hall–Kier alpha value is -5.44. The molecule has 0 atom stereocenters. The Balaban J connectivity index is 1.29. The van der Waals surface area contributed by atoms with Crippen molar-refractivity contribution in [1.82, 2.24) is 0 Å². The second-order valence-electron chi connectivity index (χ2n) is 8.58. The monoisotopic (exact) mass is 522 g/mol. The lowest BCUT2D eigenvalue weighted by Gasteiger charge is -2.10. The maximum atomic E-state index is 12.5. The highest BCUT2D eigenvalue weighted by Gasteiger charge is 2.09. The summed E-state index contributed by atoms with van der Waals surface area (Å²) in [5, 5.41) is 11.0. The summed E-state index contributed by atoms with van der Waals surface area (Å²) >= 11 is 0. The molecule has 0 heterocycles. The molecule has 39 heavy (non-hydrogen) atoms. The molecule has 4 amide bonds. The number of amides is 4.